The average molecular weight is 277 g/mol. The van der Waals surface area contributed by atoms with E-state index in [0.29, 0.717) is 12.6 Å². The zero-order valence-corrected chi connectivity index (χ0v) is 13.3. The number of amides is 1. The highest BCUT2D eigenvalue weighted by Gasteiger charge is 2.11. The van der Waals surface area contributed by atoms with Crippen molar-refractivity contribution in [2.24, 2.45) is 0 Å². The first kappa shape index (κ1) is 16.5. The van der Waals surface area contributed by atoms with E-state index in [-0.39, 0.29) is 5.91 Å². The van der Waals surface area contributed by atoms with Gasteiger partial charge in [0.2, 0.25) is 0 Å². The highest BCUT2D eigenvalue weighted by molar-refractivity contribution is 5.99. The van der Waals surface area contributed by atoms with Gasteiger partial charge < -0.3 is 15.5 Å². The van der Waals surface area contributed by atoms with Crippen LogP contribution < -0.4 is 10.6 Å². The Kier molecular flexibility index (Phi) is 6.52. The molecule has 0 aliphatic carbocycles. The van der Waals surface area contributed by atoms with Crippen LogP contribution in [0.5, 0.6) is 0 Å². The zero-order chi connectivity index (χ0) is 15.1. The van der Waals surface area contributed by atoms with Gasteiger partial charge in [0, 0.05) is 31.4 Å². The lowest BCUT2D eigenvalue weighted by Gasteiger charge is -2.21. The van der Waals surface area contributed by atoms with E-state index in [4.69, 9.17) is 0 Å². The van der Waals surface area contributed by atoms with Gasteiger partial charge in [0.1, 0.15) is 0 Å². The zero-order valence-electron chi connectivity index (χ0n) is 13.3. The molecule has 0 unspecified atom stereocenters. The van der Waals surface area contributed by atoms with E-state index in [0.717, 1.165) is 29.9 Å². The molecule has 0 aliphatic rings. The second-order valence-corrected chi connectivity index (χ2v) is 5.41. The van der Waals surface area contributed by atoms with Crippen molar-refractivity contribution in [3.63, 3.8) is 0 Å². The van der Waals surface area contributed by atoms with Gasteiger partial charge in [-0.05, 0) is 46.9 Å². The summed E-state index contributed by atoms with van der Waals surface area (Å²) in [7, 11) is 2.06. The topological polar surface area (TPSA) is 44.4 Å². The van der Waals surface area contributed by atoms with Gasteiger partial charge in [0.25, 0.3) is 5.91 Å². The summed E-state index contributed by atoms with van der Waals surface area (Å²) >= 11 is 0. The van der Waals surface area contributed by atoms with Crippen LogP contribution in [-0.2, 0) is 0 Å². The molecular formula is C16H27N3O. The molecule has 1 rings (SSSR count). The molecule has 20 heavy (non-hydrogen) atoms. The minimum Gasteiger partial charge on any atom is -0.385 e. The van der Waals surface area contributed by atoms with Crippen molar-refractivity contribution < 1.29 is 4.79 Å². The van der Waals surface area contributed by atoms with Gasteiger partial charge in [-0.25, -0.2) is 0 Å². The minimum atomic E-state index is -0.0122. The standard InChI is InChI=1S/C16H27N3O/c1-6-17-15-8-7-13(4)11-14(15)16(20)18-9-10-19(5)12(2)3/h7-8,11-12,17H,6,9-10H2,1-5H3,(H,18,20). The largest absolute Gasteiger partial charge is 0.385 e. The lowest BCUT2D eigenvalue weighted by atomic mass is 10.1. The third kappa shape index (κ3) is 4.85. The van der Waals surface area contributed by atoms with Gasteiger partial charge in [-0.3, -0.25) is 4.79 Å². The number of hydrogen-bond acceptors (Lipinski definition) is 3. The van der Waals surface area contributed by atoms with Crippen LogP contribution in [0.2, 0.25) is 0 Å². The van der Waals surface area contributed by atoms with Crippen molar-refractivity contribution in [1.29, 1.82) is 0 Å². The first-order valence-corrected chi connectivity index (χ1v) is 7.28. The molecule has 0 bridgehead atoms. The summed E-state index contributed by atoms with van der Waals surface area (Å²) in [6.07, 6.45) is 0. The fraction of sp³-hybridized carbons (Fsp3) is 0.562. The Morgan fingerprint density at radius 2 is 2.05 bits per heavy atom. The summed E-state index contributed by atoms with van der Waals surface area (Å²) < 4.78 is 0. The Labute approximate surface area is 122 Å². The SMILES string of the molecule is CCNc1ccc(C)cc1C(=O)NCCN(C)C(C)C. The van der Waals surface area contributed by atoms with Gasteiger partial charge in [0.15, 0.2) is 0 Å². The van der Waals surface area contributed by atoms with E-state index in [1.165, 1.54) is 0 Å². The molecule has 0 saturated heterocycles. The van der Waals surface area contributed by atoms with E-state index in [9.17, 15) is 4.79 Å². The maximum atomic E-state index is 12.3. The van der Waals surface area contributed by atoms with Crippen molar-refractivity contribution in [2.45, 2.75) is 33.7 Å². The van der Waals surface area contributed by atoms with Crippen LogP contribution in [0.1, 0.15) is 36.7 Å². The molecule has 0 spiro atoms. The fourth-order valence-electron chi connectivity index (χ4n) is 1.89. The fourth-order valence-corrected chi connectivity index (χ4v) is 1.89. The molecule has 4 nitrogen and oxygen atoms in total. The summed E-state index contributed by atoms with van der Waals surface area (Å²) in [6.45, 7) is 10.6. The summed E-state index contributed by atoms with van der Waals surface area (Å²) in [4.78, 5) is 14.5. The van der Waals surface area contributed by atoms with Crippen LogP contribution >= 0.6 is 0 Å². The molecule has 1 aromatic rings. The van der Waals surface area contributed by atoms with Gasteiger partial charge in [-0.2, -0.15) is 0 Å². The monoisotopic (exact) mass is 277 g/mol. The van der Waals surface area contributed by atoms with Crippen LogP contribution in [0.4, 0.5) is 5.69 Å². The molecule has 0 aliphatic heterocycles. The molecule has 112 valence electrons. The number of aryl methyl sites for hydroxylation is 1. The Bertz CT molecular complexity index is 443. The summed E-state index contributed by atoms with van der Waals surface area (Å²) in [5.74, 6) is -0.0122. The Hall–Kier alpha value is -1.55. The summed E-state index contributed by atoms with van der Waals surface area (Å²) in [6, 6.07) is 6.40. The van der Waals surface area contributed by atoms with Crippen LogP contribution in [0, 0.1) is 6.92 Å². The highest BCUT2D eigenvalue weighted by atomic mass is 16.1. The van der Waals surface area contributed by atoms with Crippen LogP contribution in [0.25, 0.3) is 0 Å². The lowest BCUT2D eigenvalue weighted by molar-refractivity contribution is 0.0949. The summed E-state index contributed by atoms with van der Waals surface area (Å²) in [5, 5.41) is 6.22. The van der Waals surface area contributed by atoms with Crippen molar-refractivity contribution in [3.05, 3.63) is 29.3 Å². The first-order valence-electron chi connectivity index (χ1n) is 7.28. The van der Waals surface area contributed by atoms with Crippen LogP contribution in [-0.4, -0.2) is 43.5 Å². The predicted molar refractivity (Wildman–Crippen MR) is 85.4 cm³/mol. The third-order valence-electron chi connectivity index (χ3n) is 3.42. The molecule has 1 aromatic carbocycles. The maximum Gasteiger partial charge on any atom is 0.253 e. The summed E-state index contributed by atoms with van der Waals surface area (Å²) in [5.41, 5.74) is 2.71. The number of likely N-dealkylation sites (N-methyl/N-ethyl adjacent to an activating group) is 1. The minimum absolute atomic E-state index is 0.0122. The van der Waals surface area contributed by atoms with E-state index in [2.05, 4.69) is 36.4 Å². The van der Waals surface area contributed by atoms with Crippen LogP contribution in [0.3, 0.4) is 0 Å². The van der Waals surface area contributed by atoms with Crippen molar-refractivity contribution in [2.75, 3.05) is 32.0 Å². The molecule has 2 N–H and O–H groups in total. The lowest BCUT2D eigenvalue weighted by Crippen LogP contribution is -2.36. The third-order valence-corrected chi connectivity index (χ3v) is 3.42. The first-order chi connectivity index (χ1) is 9.45. The van der Waals surface area contributed by atoms with E-state index >= 15 is 0 Å². The van der Waals surface area contributed by atoms with E-state index in [1.54, 1.807) is 0 Å². The average Bonchev–Trinajstić information content (AvgIpc) is 2.40. The highest BCUT2D eigenvalue weighted by Crippen LogP contribution is 2.17. The van der Waals surface area contributed by atoms with E-state index < -0.39 is 0 Å². The van der Waals surface area contributed by atoms with Crippen molar-refractivity contribution in [3.8, 4) is 0 Å². The second-order valence-electron chi connectivity index (χ2n) is 5.41. The van der Waals surface area contributed by atoms with Gasteiger partial charge in [-0.15, -0.1) is 0 Å². The molecule has 1 amide bonds. The molecule has 0 aromatic heterocycles. The van der Waals surface area contributed by atoms with Crippen LogP contribution in [0.15, 0.2) is 18.2 Å². The Morgan fingerprint density at radius 1 is 1.35 bits per heavy atom. The number of hydrogen-bond donors (Lipinski definition) is 2. The predicted octanol–water partition coefficient (Wildman–Crippen LogP) is 2.50. The van der Waals surface area contributed by atoms with Gasteiger partial charge in [0.05, 0.1) is 5.56 Å². The molecule has 0 saturated carbocycles. The molecule has 0 fully saturated rings. The van der Waals surface area contributed by atoms with Crippen molar-refractivity contribution >= 4 is 11.6 Å². The number of carbonyl (C=O) groups excluding carboxylic acids is 1. The molecule has 4 heteroatoms. The van der Waals surface area contributed by atoms with Crippen molar-refractivity contribution in [1.82, 2.24) is 10.2 Å². The molecule has 0 heterocycles. The second kappa shape index (κ2) is 7.90. The van der Waals surface area contributed by atoms with Gasteiger partial charge in [-0.1, -0.05) is 11.6 Å². The smallest absolute Gasteiger partial charge is 0.253 e. The Balaban J connectivity index is 2.65. The Morgan fingerprint density at radius 3 is 2.65 bits per heavy atom. The number of anilines is 1. The molecule has 0 atom stereocenters. The number of carbonyl (C=O) groups is 1. The number of benzene rings is 1. The quantitative estimate of drug-likeness (QED) is 0.805. The van der Waals surface area contributed by atoms with Gasteiger partial charge >= 0.3 is 0 Å². The number of rotatable bonds is 7. The molecular weight excluding hydrogens is 250 g/mol. The molecule has 0 radical (unpaired) electrons. The maximum absolute atomic E-state index is 12.3. The van der Waals surface area contributed by atoms with E-state index in [1.807, 2.05) is 32.0 Å². The normalized spacial score (nSPS) is 10.9. The number of nitrogens with one attached hydrogen (secondary N) is 2. The number of nitrogens with zero attached hydrogens (tertiary/aromatic N) is 1.